The molecule has 1 aliphatic heterocycles. The van der Waals surface area contributed by atoms with Gasteiger partial charge in [-0.3, -0.25) is 14.4 Å². The summed E-state index contributed by atoms with van der Waals surface area (Å²) in [5, 5.41) is 2.14. The molecule has 0 radical (unpaired) electrons. The summed E-state index contributed by atoms with van der Waals surface area (Å²) in [4.78, 5) is 37.8. The van der Waals surface area contributed by atoms with Crippen molar-refractivity contribution in [2.45, 2.75) is 19.8 Å². The third kappa shape index (κ3) is 4.96. The molecule has 0 aromatic heterocycles. The molecule has 0 aliphatic carbocycles. The van der Waals surface area contributed by atoms with E-state index < -0.39 is 36.0 Å². The summed E-state index contributed by atoms with van der Waals surface area (Å²) >= 11 is 0. The van der Waals surface area contributed by atoms with Crippen LogP contribution in [0.4, 0.5) is 20.2 Å². The van der Waals surface area contributed by atoms with Crippen molar-refractivity contribution in [2.24, 2.45) is 5.92 Å². The zero-order chi connectivity index (χ0) is 21.0. The van der Waals surface area contributed by atoms with Crippen molar-refractivity contribution in [3.63, 3.8) is 0 Å². The zero-order valence-corrected chi connectivity index (χ0v) is 15.8. The van der Waals surface area contributed by atoms with Crippen molar-refractivity contribution < 1.29 is 27.9 Å². The summed E-state index contributed by atoms with van der Waals surface area (Å²) in [5.41, 5.74) is 1.49. The monoisotopic (exact) mass is 402 g/mol. The molecule has 0 unspecified atom stereocenters. The minimum atomic E-state index is -0.808. The van der Waals surface area contributed by atoms with Crippen LogP contribution < -0.4 is 10.2 Å². The summed E-state index contributed by atoms with van der Waals surface area (Å²) in [6.07, 6.45) is 0.860. The Morgan fingerprint density at radius 1 is 1.17 bits per heavy atom. The molecular weight excluding hydrogens is 382 g/mol. The highest BCUT2D eigenvalue weighted by Crippen LogP contribution is 2.26. The van der Waals surface area contributed by atoms with Gasteiger partial charge in [0.15, 0.2) is 6.61 Å². The van der Waals surface area contributed by atoms with Crippen LogP contribution in [0.1, 0.15) is 18.9 Å². The van der Waals surface area contributed by atoms with Crippen molar-refractivity contribution in [2.75, 3.05) is 23.4 Å². The number of esters is 1. The number of rotatable bonds is 6. The largest absolute Gasteiger partial charge is 0.455 e. The van der Waals surface area contributed by atoms with E-state index in [0.717, 1.165) is 30.2 Å². The number of benzene rings is 2. The van der Waals surface area contributed by atoms with E-state index in [-0.39, 0.29) is 24.6 Å². The highest BCUT2D eigenvalue weighted by Gasteiger charge is 2.36. The van der Waals surface area contributed by atoms with E-state index in [1.807, 2.05) is 31.2 Å². The van der Waals surface area contributed by atoms with E-state index in [1.54, 1.807) is 0 Å². The van der Waals surface area contributed by atoms with E-state index >= 15 is 0 Å². The Hall–Kier alpha value is -3.29. The fourth-order valence-corrected chi connectivity index (χ4v) is 3.06. The Bertz CT molecular complexity index is 931. The Kier molecular flexibility index (Phi) is 6.21. The average molecular weight is 402 g/mol. The Morgan fingerprint density at radius 2 is 1.90 bits per heavy atom. The number of nitrogens with one attached hydrogen (secondary N) is 1. The average Bonchev–Trinajstić information content (AvgIpc) is 3.10. The van der Waals surface area contributed by atoms with Gasteiger partial charge in [0.2, 0.25) is 5.91 Å². The lowest BCUT2D eigenvalue weighted by Gasteiger charge is -2.17. The van der Waals surface area contributed by atoms with Gasteiger partial charge in [0.05, 0.1) is 11.6 Å². The molecule has 0 spiro atoms. The highest BCUT2D eigenvalue weighted by molar-refractivity contribution is 6.00. The van der Waals surface area contributed by atoms with Crippen LogP contribution in [0.5, 0.6) is 0 Å². The van der Waals surface area contributed by atoms with E-state index in [0.29, 0.717) is 5.69 Å². The predicted molar refractivity (Wildman–Crippen MR) is 102 cm³/mol. The number of nitrogens with zero attached hydrogens (tertiary/aromatic N) is 1. The fraction of sp³-hybridized carbons (Fsp3) is 0.286. The number of carbonyl (C=O) groups excluding carboxylic acids is 3. The molecule has 2 aromatic carbocycles. The lowest BCUT2D eigenvalue weighted by molar-refractivity contribution is -0.151. The number of ether oxygens (including phenoxy) is 1. The van der Waals surface area contributed by atoms with Crippen LogP contribution in [0.15, 0.2) is 42.5 Å². The summed E-state index contributed by atoms with van der Waals surface area (Å²) in [5.74, 6) is -3.93. The first-order valence-corrected chi connectivity index (χ1v) is 9.18. The molecule has 2 amide bonds. The van der Waals surface area contributed by atoms with Crippen molar-refractivity contribution in [1.29, 1.82) is 0 Å². The van der Waals surface area contributed by atoms with Crippen LogP contribution in [0.3, 0.4) is 0 Å². The quantitative estimate of drug-likeness (QED) is 0.754. The molecular formula is C21H20F2N2O4. The maximum Gasteiger partial charge on any atom is 0.311 e. The standard InChI is InChI=1S/C21H20F2N2O4/c1-2-13-3-6-16(7-4-13)25-11-14(9-20(25)27)21(28)29-12-19(26)24-18-10-15(22)5-8-17(18)23/h3-8,10,14H,2,9,11-12H2,1H3,(H,24,26)/t14-/m0/s1. The third-order valence-electron chi connectivity index (χ3n) is 4.66. The molecule has 1 aliphatic rings. The van der Waals surface area contributed by atoms with Crippen molar-refractivity contribution >= 4 is 29.2 Å². The second-order valence-electron chi connectivity index (χ2n) is 6.71. The number of hydrogen-bond donors (Lipinski definition) is 1. The smallest absolute Gasteiger partial charge is 0.311 e. The first kappa shape index (κ1) is 20.4. The highest BCUT2D eigenvalue weighted by atomic mass is 19.1. The Morgan fingerprint density at radius 3 is 2.59 bits per heavy atom. The molecule has 6 nitrogen and oxygen atoms in total. The number of halogens is 2. The molecule has 3 rings (SSSR count). The molecule has 1 saturated heterocycles. The van der Waals surface area contributed by atoms with Crippen molar-refractivity contribution in [1.82, 2.24) is 0 Å². The van der Waals surface area contributed by atoms with Gasteiger partial charge in [0.25, 0.3) is 5.91 Å². The van der Waals surface area contributed by atoms with Gasteiger partial charge in [-0.15, -0.1) is 0 Å². The second-order valence-corrected chi connectivity index (χ2v) is 6.71. The molecule has 8 heteroatoms. The number of amides is 2. The summed E-state index contributed by atoms with van der Waals surface area (Å²) in [6.45, 7) is 1.52. The van der Waals surface area contributed by atoms with Gasteiger partial charge in [0, 0.05) is 24.7 Å². The second kappa shape index (κ2) is 8.81. The van der Waals surface area contributed by atoms with Gasteiger partial charge in [0.1, 0.15) is 11.6 Å². The van der Waals surface area contributed by atoms with Crippen molar-refractivity contribution in [3.8, 4) is 0 Å². The van der Waals surface area contributed by atoms with Crippen LogP contribution in [0.2, 0.25) is 0 Å². The summed E-state index contributed by atoms with van der Waals surface area (Å²) in [6, 6.07) is 10.1. The lowest BCUT2D eigenvalue weighted by atomic mass is 10.1. The van der Waals surface area contributed by atoms with Crippen LogP contribution in [0, 0.1) is 17.6 Å². The zero-order valence-electron chi connectivity index (χ0n) is 15.8. The van der Waals surface area contributed by atoms with Gasteiger partial charge in [-0.05, 0) is 36.2 Å². The maximum absolute atomic E-state index is 13.5. The number of carbonyl (C=O) groups is 3. The van der Waals surface area contributed by atoms with E-state index in [2.05, 4.69) is 5.32 Å². The van der Waals surface area contributed by atoms with Gasteiger partial charge in [-0.2, -0.15) is 0 Å². The molecule has 1 fully saturated rings. The van der Waals surface area contributed by atoms with Gasteiger partial charge in [-0.1, -0.05) is 19.1 Å². The summed E-state index contributed by atoms with van der Waals surface area (Å²) < 4.78 is 31.6. The topological polar surface area (TPSA) is 75.7 Å². The van der Waals surface area contributed by atoms with Crippen LogP contribution >= 0.6 is 0 Å². The number of hydrogen-bond acceptors (Lipinski definition) is 4. The van der Waals surface area contributed by atoms with Gasteiger partial charge < -0.3 is 15.0 Å². The van der Waals surface area contributed by atoms with Crippen LogP contribution in [0.25, 0.3) is 0 Å². The van der Waals surface area contributed by atoms with E-state index in [9.17, 15) is 23.2 Å². The number of anilines is 2. The first-order valence-electron chi connectivity index (χ1n) is 9.18. The Balaban J connectivity index is 1.53. The SMILES string of the molecule is CCc1ccc(N2C[C@@H](C(=O)OCC(=O)Nc3cc(F)ccc3F)CC2=O)cc1. The molecule has 0 saturated carbocycles. The van der Waals surface area contributed by atoms with Crippen molar-refractivity contribution in [3.05, 3.63) is 59.7 Å². The molecule has 1 atom stereocenters. The van der Waals surface area contributed by atoms with E-state index in [1.165, 1.54) is 4.90 Å². The first-order chi connectivity index (χ1) is 13.9. The van der Waals surface area contributed by atoms with Crippen LogP contribution in [-0.2, 0) is 25.5 Å². The normalized spacial score (nSPS) is 16.0. The molecule has 152 valence electrons. The molecule has 1 heterocycles. The van der Waals surface area contributed by atoms with E-state index in [4.69, 9.17) is 4.74 Å². The number of aryl methyl sites for hydroxylation is 1. The maximum atomic E-state index is 13.5. The van der Waals surface area contributed by atoms with Gasteiger partial charge in [-0.25, -0.2) is 8.78 Å². The van der Waals surface area contributed by atoms with Gasteiger partial charge >= 0.3 is 5.97 Å². The Labute approximate surface area is 166 Å². The lowest BCUT2D eigenvalue weighted by Crippen LogP contribution is -2.28. The molecule has 0 bridgehead atoms. The third-order valence-corrected chi connectivity index (χ3v) is 4.66. The minimum absolute atomic E-state index is 0.0193. The fourth-order valence-electron chi connectivity index (χ4n) is 3.06. The predicted octanol–water partition coefficient (Wildman–Crippen LogP) is 3.06. The molecule has 2 aromatic rings. The van der Waals surface area contributed by atoms with Crippen LogP contribution in [-0.4, -0.2) is 30.9 Å². The summed E-state index contributed by atoms with van der Waals surface area (Å²) in [7, 11) is 0. The molecule has 1 N–H and O–H groups in total. The minimum Gasteiger partial charge on any atom is -0.455 e. The molecule has 29 heavy (non-hydrogen) atoms.